The van der Waals surface area contributed by atoms with E-state index in [-0.39, 0.29) is 11.8 Å². The number of carboxylic acids is 1. The van der Waals surface area contributed by atoms with E-state index in [1.54, 1.807) is 17.0 Å². The second kappa shape index (κ2) is 17.6. The molecule has 0 aliphatic rings. The smallest absolute Gasteiger partial charge is 0.341 e. The minimum atomic E-state index is -1.04. The zero-order valence-electron chi connectivity index (χ0n) is 26.7. The number of aliphatic carboxylic acids is 1. The first kappa shape index (κ1) is 34.1. The van der Waals surface area contributed by atoms with Crippen molar-refractivity contribution in [1.29, 1.82) is 0 Å². The van der Waals surface area contributed by atoms with Crippen LogP contribution in [0.25, 0.3) is 10.6 Å². The number of thiazole rings is 1. The standard InChI is InChI=1S/C39H39N3O5S/c43-36(23-16-30-11-5-2-6-12-30)42(25-31-14-21-35(22-15-31)47-27-37(44)45)26-34-28-48-39(41-34)33-19-17-32(18-20-33)38(46)40-24-8-7-13-29-9-3-1-4-10-29/h1-6,9-12,14-15,17-22,28H,7-8,13,16,23-27H2,(H,40,46)(H,44,45). The van der Waals surface area contributed by atoms with E-state index in [4.69, 9.17) is 14.8 Å². The maximum Gasteiger partial charge on any atom is 0.341 e. The minimum absolute atomic E-state index is 0.00929. The molecule has 1 heterocycles. The molecule has 0 atom stereocenters. The number of ether oxygens (including phenoxy) is 1. The molecule has 0 spiro atoms. The first-order valence-corrected chi connectivity index (χ1v) is 16.9. The number of aryl methyl sites for hydroxylation is 2. The Balaban J connectivity index is 1.18. The van der Waals surface area contributed by atoms with Crippen LogP contribution in [-0.4, -0.2) is 45.9 Å². The summed E-state index contributed by atoms with van der Waals surface area (Å²) in [6.45, 7) is 0.926. The summed E-state index contributed by atoms with van der Waals surface area (Å²) in [6, 6.07) is 34.8. The van der Waals surface area contributed by atoms with Crippen molar-refractivity contribution in [3.63, 3.8) is 0 Å². The monoisotopic (exact) mass is 661 g/mol. The number of hydrogen-bond acceptors (Lipinski definition) is 6. The lowest BCUT2D eigenvalue weighted by Crippen LogP contribution is -2.30. The Morgan fingerprint density at radius 1 is 0.750 bits per heavy atom. The summed E-state index contributed by atoms with van der Waals surface area (Å²) >= 11 is 1.50. The molecule has 0 saturated heterocycles. The van der Waals surface area contributed by atoms with E-state index in [0.29, 0.717) is 43.8 Å². The van der Waals surface area contributed by atoms with Gasteiger partial charge in [-0.2, -0.15) is 0 Å². The van der Waals surface area contributed by atoms with Gasteiger partial charge in [-0.25, -0.2) is 9.78 Å². The predicted molar refractivity (Wildman–Crippen MR) is 188 cm³/mol. The molecule has 0 fully saturated rings. The number of aromatic nitrogens is 1. The van der Waals surface area contributed by atoms with Crippen molar-refractivity contribution in [2.45, 2.75) is 45.2 Å². The fourth-order valence-corrected chi connectivity index (χ4v) is 6.03. The summed E-state index contributed by atoms with van der Waals surface area (Å²) in [5.41, 5.74) is 5.59. The minimum Gasteiger partial charge on any atom is -0.482 e. The summed E-state index contributed by atoms with van der Waals surface area (Å²) in [6.07, 6.45) is 3.92. The summed E-state index contributed by atoms with van der Waals surface area (Å²) in [5.74, 6) is -0.670. The number of benzene rings is 4. The van der Waals surface area contributed by atoms with Gasteiger partial charge in [0.2, 0.25) is 5.91 Å². The number of nitrogens with zero attached hydrogens (tertiary/aromatic N) is 2. The molecule has 5 rings (SSSR count). The van der Waals surface area contributed by atoms with E-state index in [1.807, 2.05) is 90.3 Å². The first-order valence-electron chi connectivity index (χ1n) is 16.0. The number of carbonyl (C=O) groups excluding carboxylic acids is 2. The molecular weight excluding hydrogens is 623 g/mol. The van der Waals surface area contributed by atoms with Gasteiger partial charge in [0.1, 0.15) is 10.8 Å². The molecule has 4 aromatic carbocycles. The molecular formula is C39H39N3O5S. The average Bonchev–Trinajstić information content (AvgIpc) is 3.59. The van der Waals surface area contributed by atoms with Gasteiger partial charge in [0.15, 0.2) is 6.61 Å². The Labute approximate surface area is 285 Å². The fraction of sp³-hybridized carbons (Fsp3) is 0.231. The van der Waals surface area contributed by atoms with E-state index in [0.717, 1.165) is 46.7 Å². The van der Waals surface area contributed by atoms with Gasteiger partial charge in [0.25, 0.3) is 5.91 Å². The van der Waals surface area contributed by atoms with E-state index >= 15 is 0 Å². The van der Waals surface area contributed by atoms with Gasteiger partial charge in [-0.15, -0.1) is 11.3 Å². The highest BCUT2D eigenvalue weighted by Gasteiger charge is 2.17. The van der Waals surface area contributed by atoms with Crippen LogP contribution in [-0.2, 0) is 35.5 Å². The predicted octanol–water partition coefficient (Wildman–Crippen LogP) is 7.19. The molecule has 0 aliphatic heterocycles. The van der Waals surface area contributed by atoms with E-state index in [2.05, 4.69) is 17.4 Å². The summed E-state index contributed by atoms with van der Waals surface area (Å²) in [7, 11) is 0. The third kappa shape index (κ3) is 10.6. The lowest BCUT2D eigenvalue weighted by molar-refractivity contribution is -0.139. The van der Waals surface area contributed by atoms with Gasteiger partial charge in [0.05, 0.1) is 12.2 Å². The highest BCUT2D eigenvalue weighted by Crippen LogP contribution is 2.26. The Morgan fingerprint density at radius 3 is 2.08 bits per heavy atom. The van der Waals surface area contributed by atoms with Crippen LogP contribution in [0, 0.1) is 0 Å². The Bertz CT molecular complexity index is 1760. The van der Waals surface area contributed by atoms with Crippen LogP contribution >= 0.6 is 11.3 Å². The molecule has 0 saturated carbocycles. The largest absolute Gasteiger partial charge is 0.482 e. The lowest BCUT2D eigenvalue weighted by Gasteiger charge is -2.22. The number of hydrogen-bond donors (Lipinski definition) is 2. The second-order valence-electron chi connectivity index (χ2n) is 11.5. The molecule has 0 aliphatic carbocycles. The van der Waals surface area contributed by atoms with Crippen LogP contribution in [0.4, 0.5) is 0 Å². The normalized spacial score (nSPS) is 10.8. The topological polar surface area (TPSA) is 109 Å². The molecule has 246 valence electrons. The summed E-state index contributed by atoms with van der Waals surface area (Å²) in [5, 5.41) is 14.7. The Morgan fingerprint density at radius 2 is 1.42 bits per heavy atom. The van der Waals surface area contributed by atoms with Crippen molar-refractivity contribution >= 4 is 29.1 Å². The third-order valence-electron chi connectivity index (χ3n) is 7.80. The van der Waals surface area contributed by atoms with Crippen molar-refractivity contribution in [2.75, 3.05) is 13.2 Å². The number of unbranched alkanes of at least 4 members (excludes halogenated alkanes) is 1. The van der Waals surface area contributed by atoms with Crippen molar-refractivity contribution < 1.29 is 24.2 Å². The molecule has 5 aromatic rings. The molecule has 0 bridgehead atoms. The highest BCUT2D eigenvalue weighted by atomic mass is 32.1. The van der Waals surface area contributed by atoms with Crippen molar-refractivity contribution in [3.05, 3.63) is 143 Å². The molecule has 0 unspecified atom stereocenters. The van der Waals surface area contributed by atoms with E-state index in [9.17, 15) is 14.4 Å². The zero-order chi connectivity index (χ0) is 33.6. The van der Waals surface area contributed by atoms with E-state index < -0.39 is 12.6 Å². The van der Waals surface area contributed by atoms with Crippen LogP contribution in [0.1, 0.15) is 52.0 Å². The van der Waals surface area contributed by atoms with Crippen LogP contribution in [0.2, 0.25) is 0 Å². The van der Waals surface area contributed by atoms with Crippen LogP contribution < -0.4 is 10.1 Å². The maximum atomic E-state index is 13.5. The Hall–Kier alpha value is -5.28. The number of nitrogens with one attached hydrogen (secondary N) is 1. The van der Waals surface area contributed by atoms with Gasteiger partial charge in [-0.05, 0) is 66.6 Å². The quantitative estimate of drug-likeness (QED) is 0.102. The highest BCUT2D eigenvalue weighted by molar-refractivity contribution is 7.13. The van der Waals surface area contributed by atoms with Crippen molar-refractivity contribution in [1.82, 2.24) is 15.2 Å². The van der Waals surface area contributed by atoms with Crippen molar-refractivity contribution in [2.24, 2.45) is 0 Å². The van der Waals surface area contributed by atoms with Gasteiger partial charge in [-0.1, -0.05) is 84.9 Å². The van der Waals surface area contributed by atoms with Gasteiger partial charge < -0.3 is 20.1 Å². The Kier molecular flexibility index (Phi) is 12.5. The molecule has 48 heavy (non-hydrogen) atoms. The van der Waals surface area contributed by atoms with E-state index in [1.165, 1.54) is 16.9 Å². The molecule has 2 N–H and O–H groups in total. The zero-order valence-corrected chi connectivity index (χ0v) is 27.5. The molecule has 1 aromatic heterocycles. The van der Waals surface area contributed by atoms with Crippen LogP contribution in [0.5, 0.6) is 5.75 Å². The maximum absolute atomic E-state index is 13.5. The fourth-order valence-electron chi connectivity index (χ4n) is 5.22. The average molecular weight is 662 g/mol. The molecule has 0 radical (unpaired) electrons. The number of carbonyl (C=O) groups is 3. The second-order valence-corrected chi connectivity index (χ2v) is 12.3. The third-order valence-corrected chi connectivity index (χ3v) is 8.74. The summed E-state index contributed by atoms with van der Waals surface area (Å²) in [4.78, 5) is 43.7. The van der Waals surface area contributed by atoms with Crippen molar-refractivity contribution in [3.8, 4) is 16.3 Å². The molecule has 8 nitrogen and oxygen atoms in total. The summed E-state index contributed by atoms with van der Waals surface area (Å²) < 4.78 is 5.25. The number of amides is 2. The van der Waals surface area contributed by atoms with Crippen LogP contribution in [0.3, 0.4) is 0 Å². The molecule has 9 heteroatoms. The first-order chi connectivity index (χ1) is 23.4. The van der Waals surface area contributed by atoms with Gasteiger partial charge in [0, 0.05) is 36.0 Å². The molecule has 2 amide bonds. The van der Waals surface area contributed by atoms with Crippen LogP contribution in [0.15, 0.2) is 115 Å². The number of carboxylic acid groups (broad SMARTS) is 1. The lowest BCUT2D eigenvalue weighted by atomic mass is 10.1. The van der Waals surface area contributed by atoms with Gasteiger partial charge >= 0.3 is 5.97 Å². The van der Waals surface area contributed by atoms with Gasteiger partial charge in [-0.3, -0.25) is 9.59 Å². The SMILES string of the molecule is O=C(O)COc1ccc(CN(Cc2csc(-c3ccc(C(=O)NCCCCc4ccccc4)cc3)n2)C(=O)CCc2ccccc2)cc1. The number of rotatable bonds is 17.